The zero-order valence-corrected chi connectivity index (χ0v) is 36.7. The van der Waals surface area contributed by atoms with E-state index in [2.05, 4.69) is 237 Å². The van der Waals surface area contributed by atoms with Gasteiger partial charge in [0.2, 0.25) is 0 Å². The molecule has 0 radical (unpaired) electrons. The molecule has 3 aliphatic rings. The number of para-hydroxylation sites is 2. The highest BCUT2D eigenvalue weighted by atomic mass is 15.1. The second-order valence-electron chi connectivity index (χ2n) is 18.4. The van der Waals surface area contributed by atoms with E-state index in [4.69, 9.17) is 0 Å². The summed E-state index contributed by atoms with van der Waals surface area (Å²) in [7, 11) is 0. The van der Waals surface area contributed by atoms with E-state index in [1.165, 1.54) is 88.7 Å². The fraction of sp³-hybridized carbons (Fsp3) is 0.129. The lowest BCUT2D eigenvalue weighted by Crippen LogP contribution is -2.22. The quantitative estimate of drug-likeness (QED) is 0.155. The summed E-state index contributed by atoms with van der Waals surface area (Å²) in [6, 6.07) is 67.6. The maximum absolute atomic E-state index is 2.49. The van der Waals surface area contributed by atoms with E-state index in [9.17, 15) is 0 Å². The average molecular weight is 823 g/mol. The van der Waals surface area contributed by atoms with E-state index in [0.717, 1.165) is 36.3 Å². The van der Waals surface area contributed by atoms with Gasteiger partial charge in [0.25, 0.3) is 0 Å². The van der Waals surface area contributed by atoms with Crippen LogP contribution in [0.5, 0.6) is 0 Å². The van der Waals surface area contributed by atoms with E-state index in [-0.39, 0.29) is 5.41 Å². The summed E-state index contributed by atoms with van der Waals surface area (Å²) < 4.78 is 2.49. The minimum Gasteiger partial charge on any atom is -0.310 e. The molecular formula is C62H50N2. The monoisotopic (exact) mass is 822 g/mol. The van der Waals surface area contributed by atoms with Gasteiger partial charge in [-0.25, -0.2) is 0 Å². The van der Waals surface area contributed by atoms with Crippen LogP contribution in [0.15, 0.2) is 206 Å². The lowest BCUT2D eigenvalue weighted by atomic mass is 9.74. The topological polar surface area (TPSA) is 8.17 Å². The predicted molar refractivity (Wildman–Crippen MR) is 272 cm³/mol. The van der Waals surface area contributed by atoms with E-state index >= 15 is 0 Å². The lowest BCUT2D eigenvalue weighted by Gasteiger charge is -2.30. The Kier molecular flexibility index (Phi) is 9.05. The van der Waals surface area contributed by atoms with Crippen molar-refractivity contribution in [3.63, 3.8) is 0 Å². The van der Waals surface area contributed by atoms with Crippen LogP contribution in [0.4, 0.5) is 17.1 Å². The van der Waals surface area contributed by atoms with Gasteiger partial charge in [0, 0.05) is 38.9 Å². The number of anilines is 3. The highest BCUT2D eigenvalue weighted by Gasteiger charge is 2.40. The maximum Gasteiger partial charge on any atom is 0.0547 e. The van der Waals surface area contributed by atoms with Gasteiger partial charge < -0.3 is 9.47 Å². The molecule has 0 saturated carbocycles. The van der Waals surface area contributed by atoms with Crippen LogP contribution in [-0.4, -0.2) is 4.57 Å². The molecule has 1 unspecified atom stereocenters. The number of hydrogen-bond donors (Lipinski definition) is 0. The van der Waals surface area contributed by atoms with Gasteiger partial charge in [-0.3, -0.25) is 0 Å². The first-order valence-electron chi connectivity index (χ1n) is 23.0. The SMILES string of the molecule is CC1CC=CC2=C1C(C)(C)c1cc(-n3c4ccccc4c4c(-c5cccc(N(c6ccccc6)c6ccc(-c7ccc(-c8cccc9c8CCC=C9)cc7)cc6)c5)cccc43)ccc12. The van der Waals surface area contributed by atoms with Gasteiger partial charge in [-0.15, -0.1) is 0 Å². The molecule has 1 heterocycles. The van der Waals surface area contributed by atoms with Crippen molar-refractivity contribution in [2.45, 2.75) is 45.4 Å². The van der Waals surface area contributed by atoms with Crippen molar-refractivity contribution < 1.29 is 0 Å². The Balaban J connectivity index is 0.917. The van der Waals surface area contributed by atoms with Gasteiger partial charge in [0.15, 0.2) is 0 Å². The Morgan fingerprint density at radius 1 is 0.531 bits per heavy atom. The molecule has 9 aromatic rings. The average Bonchev–Trinajstić information content (AvgIpc) is 3.80. The van der Waals surface area contributed by atoms with Crippen molar-refractivity contribution in [3.8, 4) is 39.1 Å². The smallest absolute Gasteiger partial charge is 0.0547 e. The molecule has 2 heteroatoms. The Hall–Kier alpha value is -7.42. The van der Waals surface area contributed by atoms with E-state index in [1.807, 2.05) is 0 Å². The van der Waals surface area contributed by atoms with Crippen LogP contribution in [0.2, 0.25) is 0 Å². The van der Waals surface area contributed by atoms with E-state index in [1.54, 1.807) is 5.57 Å². The first-order chi connectivity index (χ1) is 31.4. The van der Waals surface area contributed by atoms with Crippen molar-refractivity contribution in [2.75, 3.05) is 4.90 Å². The van der Waals surface area contributed by atoms with Gasteiger partial charge >= 0.3 is 0 Å². The number of allylic oxidation sites excluding steroid dienone is 5. The van der Waals surface area contributed by atoms with Crippen molar-refractivity contribution in [1.82, 2.24) is 4.57 Å². The molecule has 0 fully saturated rings. The Morgan fingerprint density at radius 3 is 2.06 bits per heavy atom. The number of aromatic nitrogens is 1. The zero-order valence-electron chi connectivity index (χ0n) is 36.7. The molecular weight excluding hydrogens is 773 g/mol. The molecule has 0 aliphatic heterocycles. The number of rotatable bonds is 7. The first-order valence-corrected chi connectivity index (χ1v) is 23.0. The number of hydrogen-bond acceptors (Lipinski definition) is 1. The normalized spacial score (nSPS) is 16.0. The van der Waals surface area contributed by atoms with Crippen LogP contribution in [-0.2, 0) is 11.8 Å². The fourth-order valence-corrected chi connectivity index (χ4v) is 11.4. The van der Waals surface area contributed by atoms with Crippen LogP contribution < -0.4 is 4.90 Å². The molecule has 8 aromatic carbocycles. The van der Waals surface area contributed by atoms with Crippen molar-refractivity contribution >= 4 is 50.5 Å². The molecule has 1 atom stereocenters. The van der Waals surface area contributed by atoms with Gasteiger partial charge in [-0.05, 0) is 153 Å². The van der Waals surface area contributed by atoms with Crippen molar-refractivity contribution in [3.05, 3.63) is 228 Å². The summed E-state index contributed by atoms with van der Waals surface area (Å²) >= 11 is 0. The fourth-order valence-electron chi connectivity index (χ4n) is 11.4. The van der Waals surface area contributed by atoms with Gasteiger partial charge in [0.05, 0.1) is 11.0 Å². The number of nitrogens with zero attached hydrogens (tertiary/aromatic N) is 2. The minimum absolute atomic E-state index is 0.0216. The third kappa shape index (κ3) is 6.15. The molecule has 0 bridgehead atoms. The highest BCUT2D eigenvalue weighted by molar-refractivity contribution is 6.16. The number of benzene rings is 8. The molecule has 308 valence electrons. The Labute approximate surface area is 376 Å². The second kappa shape index (κ2) is 15.1. The molecule has 0 N–H and O–H groups in total. The van der Waals surface area contributed by atoms with Crippen LogP contribution in [0.25, 0.3) is 72.5 Å². The molecule has 64 heavy (non-hydrogen) atoms. The van der Waals surface area contributed by atoms with E-state index < -0.39 is 0 Å². The Bertz CT molecular complexity index is 3370. The zero-order chi connectivity index (χ0) is 42.9. The van der Waals surface area contributed by atoms with Crippen LogP contribution in [0.3, 0.4) is 0 Å². The molecule has 1 aromatic heterocycles. The Morgan fingerprint density at radius 2 is 1.22 bits per heavy atom. The van der Waals surface area contributed by atoms with Gasteiger partial charge in [-0.2, -0.15) is 0 Å². The molecule has 0 spiro atoms. The standard InChI is InChI=1S/C62H50N2/c1-41-15-11-26-55-54-38-37-50(40-57(54)62(2,3)61(41)55)64-58-27-10-9-23-56(58)60-53(25-14-28-59(60)64)46-18-12-21-49(39-46)63(47-19-5-4-6-20-47)48-35-33-43(34-36-48)42-29-31-45(32-30-42)52-24-13-17-44-16-7-8-22-51(44)52/h4-7,9-14,16-21,23-41H,8,15,22H2,1-3H3. The van der Waals surface area contributed by atoms with Crippen molar-refractivity contribution in [1.29, 1.82) is 0 Å². The summed E-state index contributed by atoms with van der Waals surface area (Å²) in [5.74, 6) is 0.543. The van der Waals surface area contributed by atoms with E-state index in [0.29, 0.717) is 5.92 Å². The van der Waals surface area contributed by atoms with Gasteiger partial charge in [-0.1, -0.05) is 166 Å². The number of fused-ring (bicyclic) bond motifs is 6. The molecule has 0 amide bonds. The minimum atomic E-state index is -0.0216. The molecule has 2 nitrogen and oxygen atoms in total. The van der Waals surface area contributed by atoms with Gasteiger partial charge in [0.1, 0.15) is 0 Å². The maximum atomic E-state index is 2.49. The third-order valence-corrected chi connectivity index (χ3v) is 14.3. The summed E-state index contributed by atoms with van der Waals surface area (Å²) in [6.07, 6.45) is 12.6. The third-order valence-electron chi connectivity index (χ3n) is 14.3. The van der Waals surface area contributed by atoms with Crippen molar-refractivity contribution in [2.24, 2.45) is 5.92 Å². The largest absolute Gasteiger partial charge is 0.310 e. The van der Waals surface area contributed by atoms with Crippen LogP contribution in [0, 0.1) is 5.92 Å². The molecule has 3 aliphatic carbocycles. The summed E-state index contributed by atoms with van der Waals surface area (Å²) in [4.78, 5) is 2.38. The second-order valence-corrected chi connectivity index (χ2v) is 18.4. The summed E-state index contributed by atoms with van der Waals surface area (Å²) in [6.45, 7) is 7.23. The highest BCUT2D eigenvalue weighted by Crippen LogP contribution is 2.53. The molecule has 0 saturated heterocycles. The predicted octanol–water partition coefficient (Wildman–Crippen LogP) is 16.9. The first kappa shape index (κ1) is 38.3. The summed E-state index contributed by atoms with van der Waals surface area (Å²) in [5.41, 5.74) is 23.1. The lowest BCUT2D eigenvalue weighted by molar-refractivity contribution is 0.530. The molecule has 12 rings (SSSR count). The summed E-state index contributed by atoms with van der Waals surface area (Å²) in [5, 5.41) is 2.53. The van der Waals surface area contributed by atoms with Crippen LogP contribution in [0.1, 0.15) is 55.9 Å². The van der Waals surface area contributed by atoms with Crippen LogP contribution >= 0.6 is 0 Å².